The highest BCUT2D eigenvalue weighted by molar-refractivity contribution is 7.98. The van der Waals surface area contributed by atoms with E-state index in [-0.39, 0.29) is 17.5 Å². The molecule has 0 saturated carbocycles. The summed E-state index contributed by atoms with van der Waals surface area (Å²) in [7, 11) is 0. The molecule has 1 amide bonds. The van der Waals surface area contributed by atoms with E-state index in [1.165, 1.54) is 6.20 Å². The molecule has 28 heavy (non-hydrogen) atoms. The molecule has 2 aromatic carbocycles. The van der Waals surface area contributed by atoms with Crippen LogP contribution in [0, 0.1) is 0 Å². The molecule has 2 aromatic heterocycles. The molecular weight excluding hydrogens is 372 g/mol. The number of fused-ring (bicyclic) bond motifs is 2. The number of hydrogen-bond acceptors (Lipinski definition) is 4. The fraction of sp³-hybridized carbons (Fsp3) is 0.190. The maximum Gasteiger partial charge on any atom is 0.255 e. The summed E-state index contributed by atoms with van der Waals surface area (Å²) in [6.07, 6.45) is 4.26. The summed E-state index contributed by atoms with van der Waals surface area (Å²) in [4.78, 5) is 35.7. The minimum Gasteiger partial charge on any atom is -0.342 e. The minimum atomic E-state index is -0.252. The Morgan fingerprint density at radius 1 is 1.14 bits per heavy atom. The predicted molar refractivity (Wildman–Crippen MR) is 114 cm³/mol. The molecule has 0 aliphatic heterocycles. The number of carbonyl (C=O) groups is 1. The summed E-state index contributed by atoms with van der Waals surface area (Å²) in [5.41, 5.74) is 2.05. The lowest BCUT2D eigenvalue weighted by molar-refractivity contribution is 0.0935. The smallest absolute Gasteiger partial charge is 0.255 e. The maximum atomic E-state index is 13.1. The van der Waals surface area contributed by atoms with E-state index in [0.29, 0.717) is 16.3 Å². The molecule has 1 unspecified atom stereocenters. The van der Waals surface area contributed by atoms with Crippen LogP contribution in [0.4, 0.5) is 0 Å². The Hall–Kier alpha value is -3.06. The van der Waals surface area contributed by atoms with Gasteiger partial charge in [0.2, 0.25) is 0 Å². The molecule has 0 aliphatic rings. The fourth-order valence-electron chi connectivity index (χ4n) is 3.28. The van der Waals surface area contributed by atoms with Gasteiger partial charge in [0.1, 0.15) is 5.82 Å². The zero-order chi connectivity index (χ0) is 19.5. The van der Waals surface area contributed by atoms with Crippen molar-refractivity contribution in [3.63, 3.8) is 0 Å². The highest BCUT2D eigenvalue weighted by Crippen LogP contribution is 2.22. The lowest BCUT2D eigenvalue weighted by atomic mass is 10.1. The quantitative estimate of drug-likeness (QED) is 0.467. The van der Waals surface area contributed by atoms with Crippen LogP contribution in [-0.4, -0.2) is 32.9 Å². The van der Waals surface area contributed by atoms with Gasteiger partial charge in [0.15, 0.2) is 0 Å². The van der Waals surface area contributed by atoms with E-state index in [4.69, 9.17) is 0 Å². The molecule has 1 atom stereocenters. The topological polar surface area (TPSA) is 90.6 Å². The largest absolute Gasteiger partial charge is 0.342 e. The number of aromatic nitrogens is 3. The first kappa shape index (κ1) is 18.3. The van der Waals surface area contributed by atoms with Crippen LogP contribution < -0.4 is 10.9 Å². The molecule has 0 aliphatic carbocycles. The Kier molecular flexibility index (Phi) is 5.16. The third-order valence-electron chi connectivity index (χ3n) is 4.71. The zero-order valence-electron chi connectivity index (χ0n) is 15.4. The number of nitrogens with zero attached hydrogens (tertiary/aromatic N) is 1. The molecule has 4 aromatic rings. The van der Waals surface area contributed by atoms with E-state index in [9.17, 15) is 9.59 Å². The van der Waals surface area contributed by atoms with Gasteiger partial charge in [-0.05, 0) is 36.6 Å². The maximum absolute atomic E-state index is 13.1. The van der Waals surface area contributed by atoms with E-state index in [1.54, 1.807) is 30.0 Å². The Bertz CT molecular complexity index is 1160. The summed E-state index contributed by atoms with van der Waals surface area (Å²) < 4.78 is 0. The normalized spacial score (nSPS) is 12.3. The molecule has 0 bridgehead atoms. The second-order valence-electron chi connectivity index (χ2n) is 6.52. The molecule has 0 radical (unpaired) electrons. The molecule has 6 nitrogen and oxygen atoms in total. The van der Waals surface area contributed by atoms with Crippen LogP contribution in [0.25, 0.3) is 21.8 Å². The third-order valence-corrected chi connectivity index (χ3v) is 5.35. The highest BCUT2D eigenvalue weighted by atomic mass is 32.2. The van der Waals surface area contributed by atoms with Crippen LogP contribution in [0.2, 0.25) is 0 Å². The fourth-order valence-corrected chi connectivity index (χ4v) is 3.75. The second kappa shape index (κ2) is 7.90. The van der Waals surface area contributed by atoms with Crippen LogP contribution in [-0.2, 0) is 0 Å². The summed E-state index contributed by atoms with van der Waals surface area (Å²) in [6.45, 7) is 0. The van der Waals surface area contributed by atoms with Crippen LogP contribution in [0.15, 0.2) is 59.5 Å². The molecule has 2 heterocycles. The molecular formula is C21H20N4O2S. The third kappa shape index (κ3) is 3.53. The van der Waals surface area contributed by atoms with E-state index in [0.717, 1.165) is 29.0 Å². The summed E-state index contributed by atoms with van der Waals surface area (Å²) >= 11 is 1.72. The first-order chi connectivity index (χ1) is 13.7. The summed E-state index contributed by atoms with van der Waals surface area (Å²) in [5, 5.41) is 4.22. The number of H-pyrrole nitrogens is 2. The number of imidazole rings is 1. The van der Waals surface area contributed by atoms with E-state index in [1.807, 2.05) is 36.6 Å². The van der Waals surface area contributed by atoms with Crippen molar-refractivity contribution in [1.82, 2.24) is 20.3 Å². The van der Waals surface area contributed by atoms with Gasteiger partial charge in [-0.25, -0.2) is 4.98 Å². The van der Waals surface area contributed by atoms with Gasteiger partial charge in [-0.15, -0.1) is 0 Å². The number of benzene rings is 2. The van der Waals surface area contributed by atoms with Crippen LogP contribution in [0.5, 0.6) is 0 Å². The predicted octanol–water partition coefficient (Wildman–Crippen LogP) is 3.63. The summed E-state index contributed by atoms with van der Waals surface area (Å²) in [6, 6.07) is 14.7. The molecule has 142 valence electrons. The zero-order valence-corrected chi connectivity index (χ0v) is 16.2. The number of carbonyl (C=O) groups excluding carboxylic acids is 1. The minimum absolute atomic E-state index is 0.205. The van der Waals surface area contributed by atoms with E-state index >= 15 is 0 Å². The Morgan fingerprint density at radius 2 is 1.89 bits per heavy atom. The standard InChI is InChI=1S/C21H20N4O2S/c1-28-11-10-18(19-23-16-8-4-5-9-17(16)24-19)25-21(27)15-12-22-20(26)14-7-3-2-6-13(14)15/h2-9,12,18H,10-11H2,1H3,(H,22,26)(H,23,24)(H,25,27). The summed E-state index contributed by atoms with van der Waals surface area (Å²) in [5.74, 6) is 1.38. The molecule has 0 fully saturated rings. The van der Waals surface area contributed by atoms with Gasteiger partial charge >= 0.3 is 0 Å². The number of para-hydroxylation sites is 2. The van der Waals surface area contributed by atoms with Crippen LogP contribution in [0.1, 0.15) is 28.6 Å². The van der Waals surface area contributed by atoms with E-state index < -0.39 is 0 Å². The van der Waals surface area contributed by atoms with Gasteiger partial charge in [0.25, 0.3) is 11.5 Å². The molecule has 0 spiro atoms. The first-order valence-corrected chi connectivity index (χ1v) is 10.4. The average Bonchev–Trinajstić information content (AvgIpc) is 3.15. The molecule has 7 heteroatoms. The Labute approximate surface area is 165 Å². The lowest BCUT2D eigenvalue weighted by Crippen LogP contribution is -2.30. The van der Waals surface area contributed by atoms with Crippen molar-refractivity contribution in [3.8, 4) is 0 Å². The van der Waals surface area contributed by atoms with Gasteiger partial charge in [0, 0.05) is 17.0 Å². The van der Waals surface area contributed by atoms with Gasteiger partial charge < -0.3 is 15.3 Å². The van der Waals surface area contributed by atoms with Crippen molar-refractivity contribution < 1.29 is 4.79 Å². The number of amides is 1. The monoisotopic (exact) mass is 392 g/mol. The number of hydrogen-bond donors (Lipinski definition) is 3. The van der Waals surface area contributed by atoms with Crippen LogP contribution >= 0.6 is 11.8 Å². The van der Waals surface area contributed by atoms with Gasteiger partial charge in [-0.3, -0.25) is 9.59 Å². The van der Waals surface area contributed by atoms with Crippen molar-refractivity contribution >= 4 is 39.5 Å². The van der Waals surface area contributed by atoms with Crippen molar-refractivity contribution in [1.29, 1.82) is 0 Å². The Morgan fingerprint density at radius 3 is 2.68 bits per heavy atom. The second-order valence-corrected chi connectivity index (χ2v) is 7.51. The van der Waals surface area contributed by atoms with E-state index in [2.05, 4.69) is 20.3 Å². The molecule has 3 N–H and O–H groups in total. The lowest BCUT2D eigenvalue weighted by Gasteiger charge is -2.17. The number of aromatic amines is 2. The number of nitrogens with one attached hydrogen (secondary N) is 3. The number of thioether (sulfide) groups is 1. The number of pyridine rings is 1. The molecule has 0 saturated heterocycles. The van der Waals surface area contributed by atoms with Crippen LogP contribution in [0.3, 0.4) is 0 Å². The molecule has 4 rings (SSSR count). The number of rotatable bonds is 6. The highest BCUT2D eigenvalue weighted by Gasteiger charge is 2.20. The SMILES string of the molecule is CSCCC(NC(=O)c1c[nH]c(=O)c2ccccc12)c1nc2ccccc2[nH]1. The Balaban J connectivity index is 1.68. The van der Waals surface area contributed by atoms with Crippen molar-refractivity contribution in [3.05, 3.63) is 76.5 Å². The van der Waals surface area contributed by atoms with Gasteiger partial charge in [-0.1, -0.05) is 30.3 Å². The van der Waals surface area contributed by atoms with Gasteiger partial charge in [-0.2, -0.15) is 11.8 Å². The van der Waals surface area contributed by atoms with Crippen molar-refractivity contribution in [2.45, 2.75) is 12.5 Å². The van der Waals surface area contributed by atoms with Crippen molar-refractivity contribution in [2.24, 2.45) is 0 Å². The average molecular weight is 392 g/mol. The first-order valence-electron chi connectivity index (χ1n) is 9.02. The van der Waals surface area contributed by atoms with Crippen molar-refractivity contribution in [2.75, 3.05) is 12.0 Å². The van der Waals surface area contributed by atoms with Gasteiger partial charge in [0.05, 0.1) is 22.6 Å².